The van der Waals surface area contributed by atoms with Crippen LogP contribution in [0.4, 0.5) is 0 Å². The fourth-order valence-electron chi connectivity index (χ4n) is 2.21. The highest BCUT2D eigenvalue weighted by atomic mass is 79.9. The fraction of sp³-hybridized carbons (Fsp3) is 0.267. The van der Waals surface area contributed by atoms with Gasteiger partial charge in [0, 0.05) is 29.1 Å². The molecular formula is C15H15BrN2O. The van der Waals surface area contributed by atoms with Crippen LogP contribution in [0.15, 0.2) is 39.5 Å². The average molecular weight is 319 g/mol. The predicted octanol–water partition coefficient (Wildman–Crippen LogP) is 4.78. The molecule has 0 bridgehead atoms. The lowest BCUT2D eigenvalue weighted by molar-refractivity contribution is 0.466. The zero-order valence-corrected chi connectivity index (χ0v) is 12.5. The van der Waals surface area contributed by atoms with Crippen LogP contribution in [0.3, 0.4) is 0 Å². The van der Waals surface area contributed by atoms with Crippen LogP contribution in [-0.4, -0.2) is 9.97 Å². The van der Waals surface area contributed by atoms with E-state index in [1.165, 1.54) is 0 Å². The molecule has 1 N–H and O–H groups in total. The van der Waals surface area contributed by atoms with Crippen LogP contribution >= 0.6 is 15.9 Å². The van der Waals surface area contributed by atoms with Gasteiger partial charge in [0.2, 0.25) is 0 Å². The largest absolute Gasteiger partial charge is 0.439 e. The van der Waals surface area contributed by atoms with E-state index in [-0.39, 0.29) is 0 Å². The molecule has 3 nitrogen and oxygen atoms in total. The number of para-hydroxylation sites is 1. The van der Waals surface area contributed by atoms with Crippen molar-refractivity contribution in [3.8, 4) is 11.3 Å². The Morgan fingerprint density at radius 1 is 1.32 bits per heavy atom. The maximum absolute atomic E-state index is 5.90. The lowest BCUT2D eigenvalue weighted by atomic mass is 10.1. The van der Waals surface area contributed by atoms with E-state index in [2.05, 4.69) is 51.9 Å². The van der Waals surface area contributed by atoms with Gasteiger partial charge in [0.05, 0.1) is 0 Å². The van der Waals surface area contributed by atoms with Crippen LogP contribution in [0.25, 0.3) is 22.2 Å². The minimum absolute atomic E-state index is 0.529. The molecule has 4 heteroatoms. The van der Waals surface area contributed by atoms with Gasteiger partial charge in [-0.05, 0) is 27.9 Å². The zero-order chi connectivity index (χ0) is 13.4. The minimum Gasteiger partial charge on any atom is -0.439 e. The first-order valence-corrected chi connectivity index (χ1v) is 7.16. The minimum atomic E-state index is 0.529. The molecule has 2 heterocycles. The number of nitrogens with zero attached hydrogens (tertiary/aromatic N) is 1. The highest BCUT2D eigenvalue weighted by molar-refractivity contribution is 9.10. The van der Waals surface area contributed by atoms with Crippen LogP contribution in [0.5, 0.6) is 0 Å². The van der Waals surface area contributed by atoms with Crippen molar-refractivity contribution in [2.24, 2.45) is 5.92 Å². The molecule has 98 valence electrons. The van der Waals surface area contributed by atoms with Crippen LogP contribution in [0.2, 0.25) is 0 Å². The lowest BCUT2D eigenvalue weighted by Gasteiger charge is -1.98. The zero-order valence-electron chi connectivity index (χ0n) is 10.9. The summed E-state index contributed by atoms with van der Waals surface area (Å²) >= 11 is 3.50. The Labute approximate surface area is 120 Å². The molecule has 0 saturated heterocycles. The smallest absolute Gasteiger partial charge is 0.196 e. The molecule has 0 aliphatic carbocycles. The molecule has 0 spiro atoms. The number of oxazole rings is 1. The summed E-state index contributed by atoms with van der Waals surface area (Å²) in [6.07, 6.45) is 2.82. The van der Waals surface area contributed by atoms with E-state index in [1.54, 1.807) is 0 Å². The van der Waals surface area contributed by atoms with Crippen LogP contribution in [0.1, 0.15) is 19.7 Å². The number of rotatable bonds is 3. The Morgan fingerprint density at radius 3 is 2.89 bits per heavy atom. The van der Waals surface area contributed by atoms with Crippen molar-refractivity contribution < 1.29 is 4.42 Å². The SMILES string of the molecule is CC(C)Cc1nc(Br)c(-c2c[nH]c3ccccc23)o1. The number of H-pyrrole nitrogens is 1. The van der Waals surface area contributed by atoms with E-state index in [4.69, 9.17) is 4.42 Å². The molecule has 3 rings (SSSR count). The summed E-state index contributed by atoms with van der Waals surface area (Å²) in [5.74, 6) is 2.11. The molecule has 0 saturated carbocycles. The van der Waals surface area contributed by atoms with Gasteiger partial charge in [-0.2, -0.15) is 0 Å². The van der Waals surface area contributed by atoms with Crippen molar-refractivity contribution in [1.29, 1.82) is 0 Å². The molecule has 0 fully saturated rings. The van der Waals surface area contributed by atoms with E-state index in [1.807, 2.05) is 18.3 Å². The van der Waals surface area contributed by atoms with Gasteiger partial charge < -0.3 is 9.40 Å². The quantitative estimate of drug-likeness (QED) is 0.754. The number of nitrogens with one attached hydrogen (secondary N) is 1. The molecule has 0 atom stereocenters. The number of aromatic nitrogens is 2. The van der Waals surface area contributed by atoms with Crippen molar-refractivity contribution in [2.45, 2.75) is 20.3 Å². The third kappa shape index (κ3) is 2.32. The van der Waals surface area contributed by atoms with Gasteiger partial charge >= 0.3 is 0 Å². The van der Waals surface area contributed by atoms with Gasteiger partial charge in [-0.25, -0.2) is 4.98 Å². The Morgan fingerprint density at radius 2 is 2.11 bits per heavy atom. The molecule has 0 radical (unpaired) electrons. The standard InChI is InChI=1S/C15H15BrN2O/c1-9(2)7-13-18-15(16)14(19-13)11-8-17-12-6-4-3-5-10(11)12/h3-6,8-9,17H,7H2,1-2H3. The number of hydrogen-bond donors (Lipinski definition) is 1. The van der Waals surface area contributed by atoms with Crippen LogP contribution in [-0.2, 0) is 6.42 Å². The number of halogens is 1. The molecule has 0 aliphatic rings. The normalized spacial score (nSPS) is 11.6. The molecule has 0 aliphatic heterocycles. The summed E-state index contributed by atoms with van der Waals surface area (Å²) in [6, 6.07) is 8.18. The Balaban J connectivity index is 2.09. The lowest BCUT2D eigenvalue weighted by Crippen LogP contribution is -1.93. The third-order valence-corrected chi connectivity index (χ3v) is 3.58. The van der Waals surface area contributed by atoms with Crippen molar-refractivity contribution in [3.63, 3.8) is 0 Å². The van der Waals surface area contributed by atoms with Gasteiger partial charge in [0.15, 0.2) is 16.3 Å². The maximum Gasteiger partial charge on any atom is 0.196 e. The molecule has 0 unspecified atom stereocenters. The topological polar surface area (TPSA) is 41.8 Å². The van der Waals surface area contributed by atoms with Crippen LogP contribution < -0.4 is 0 Å². The van der Waals surface area contributed by atoms with E-state index >= 15 is 0 Å². The van der Waals surface area contributed by atoms with Gasteiger partial charge in [-0.1, -0.05) is 32.0 Å². The van der Waals surface area contributed by atoms with E-state index in [0.717, 1.165) is 39.1 Å². The summed E-state index contributed by atoms with van der Waals surface area (Å²) in [5.41, 5.74) is 2.15. The van der Waals surface area contributed by atoms with E-state index in [9.17, 15) is 0 Å². The third-order valence-electron chi connectivity index (χ3n) is 3.05. The van der Waals surface area contributed by atoms with Crippen molar-refractivity contribution in [3.05, 3.63) is 41.0 Å². The second-order valence-electron chi connectivity index (χ2n) is 5.07. The number of benzene rings is 1. The van der Waals surface area contributed by atoms with Crippen molar-refractivity contribution in [2.75, 3.05) is 0 Å². The predicted molar refractivity (Wildman–Crippen MR) is 80.0 cm³/mol. The molecule has 1 aromatic carbocycles. The maximum atomic E-state index is 5.90. The van der Waals surface area contributed by atoms with Gasteiger partial charge in [-0.3, -0.25) is 0 Å². The van der Waals surface area contributed by atoms with Gasteiger partial charge in [0.1, 0.15) is 0 Å². The Hall–Kier alpha value is -1.55. The van der Waals surface area contributed by atoms with Crippen LogP contribution in [0, 0.1) is 5.92 Å². The number of fused-ring (bicyclic) bond motifs is 1. The second-order valence-corrected chi connectivity index (χ2v) is 5.82. The highest BCUT2D eigenvalue weighted by Gasteiger charge is 2.16. The Bertz CT molecular complexity index is 712. The van der Waals surface area contributed by atoms with Gasteiger partial charge in [-0.15, -0.1) is 0 Å². The summed E-state index contributed by atoms with van der Waals surface area (Å²) in [5, 5.41) is 1.15. The van der Waals surface area contributed by atoms with Gasteiger partial charge in [0.25, 0.3) is 0 Å². The average Bonchev–Trinajstić information content (AvgIpc) is 2.92. The number of hydrogen-bond acceptors (Lipinski definition) is 2. The van der Waals surface area contributed by atoms with E-state index < -0.39 is 0 Å². The molecule has 0 amide bonds. The molecule has 3 aromatic rings. The highest BCUT2D eigenvalue weighted by Crippen LogP contribution is 2.34. The van der Waals surface area contributed by atoms with Crippen molar-refractivity contribution in [1.82, 2.24) is 9.97 Å². The molecular weight excluding hydrogens is 304 g/mol. The summed E-state index contributed by atoms with van der Waals surface area (Å²) in [6.45, 7) is 4.31. The first kappa shape index (κ1) is 12.5. The number of aromatic amines is 1. The first-order valence-electron chi connectivity index (χ1n) is 6.37. The fourth-order valence-corrected chi connectivity index (χ4v) is 2.70. The monoisotopic (exact) mass is 318 g/mol. The molecule has 19 heavy (non-hydrogen) atoms. The van der Waals surface area contributed by atoms with Crippen molar-refractivity contribution >= 4 is 26.8 Å². The summed E-state index contributed by atoms with van der Waals surface area (Å²) in [4.78, 5) is 7.70. The first-order chi connectivity index (χ1) is 9.15. The summed E-state index contributed by atoms with van der Waals surface area (Å²) < 4.78 is 6.67. The second kappa shape index (κ2) is 4.85. The van der Waals surface area contributed by atoms with E-state index in [0.29, 0.717) is 5.92 Å². The summed E-state index contributed by atoms with van der Waals surface area (Å²) in [7, 11) is 0. The molecule has 2 aromatic heterocycles. The Kier molecular flexibility index (Phi) is 3.19.